The van der Waals surface area contributed by atoms with E-state index in [0.717, 1.165) is 133 Å². The number of para-hydroxylation sites is 1. The minimum atomic E-state index is -0.256. The number of carbonyl (C=O) groups is 1. The predicted molar refractivity (Wildman–Crippen MR) is 321 cm³/mol. The molecule has 16 rings (SSSR count). The quantitative estimate of drug-likeness (QED) is 0.118. The highest BCUT2D eigenvalue weighted by Gasteiger charge is 2.38. The second-order valence-corrected chi connectivity index (χ2v) is 21.2. The Hall–Kier alpha value is -10.4. The standard InChI is InChI=1S/C74H46N3O2/c78-73-64-24-8-7-23-61(64)71-70-60(31-33-75-71)65-41-53(27-28-54(65)43-67(70)73)57-38-55(49-19-9-17-47(35-49)45-13-3-1-4-14-45)37-56(39-57)50-20-10-18-48(36-50)51-21-11-22-58(40-51)76-34-32-59-62-25-12-26-63-66-42-52(46-15-5-2-6-16-46)29-30-69(66)77(72(62)63)74(79)68(59)44-76/h1-42,44,67H,43H2/q+1. The zero-order chi connectivity index (χ0) is 52.3. The fourth-order valence-corrected chi connectivity index (χ4v) is 12.9. The minimum Gasteiger partial charge on any atom is -0.293 e. The van der Waals surface area contributed by atoms with Crippen LogP contribution in [0, 0.1) is 0 Å². The van der Waals surface area contributed by atoms with Gasteiger partial charge in [-0.05, 0) is 150 Å². The van der Waals surface area contributed by atoms with Crippen LogP contribution in [0.15, 0.2) is 266 Å². The van der Waals surface area contributed by atoms with Crippen LogP contribution in [0.2, 0.25) is 0 Å². The lowest BCUT2D eigenvalue weighted by Gasteiger charge is -2.33. The molecule has 4 heterocycles. The smallest absolute Gasteiger partial charge is 0.269 e. The van der Waals surface area contributed by atoms with Crippen LogP contribution >= 0.6 is 0 Å². The largest absolute Gasteiger partial charge is 0.293 e. The SMILES string of the molecule is O=C1c2ccccc2-c2nccc3c2C1Cc1ccc(-c2cc(-c4cccc(-c5ccccc5)c4)cc(-c4cccc(-c5cccc(-[n+]6ccc7c(c6)c(=O)n6c8ccc(-c9ccccc9)cc8c8cccc7c86)c5)c4)c2)cc1-3. The Balaban J connectivity index is 0.795. The summed E-state index contributed by atoms with van der Waals surface area (Å²) in [6, 6.07) is 85.8. The van der Waals surface area contributed by atoms with E-state index in [0.29, 0.717) is 11.8 Å². The van der Waals surface area contributed by atoms with Crippen molar-refractivity contribution in [2.45, 2.75) is 12.3 Å². The van der Waals surface area contributed by atoms with Crippen LogP contribution < -0.4 is 10.1 Å². The number of aromatic nitrogens is 3. The molecule has 2 aliphatic rings. The van der Waals surface area contributed by atoms with Gasteiger partial charge in [0.1, 0.15) is 5.39 Å². The van der Waals surface area contributed by atoms with E-state index >= 15 is 0 Å². The van der Waals surface area contributed by atoms with Crippen molar-refractivity contribution in [3.8, 4) is 94.8 Å². The number of hydrogen-bond acceptors (Lipinski definition) is 3. The number of rotatable bonds is 7. The molecule has 1 atom stereocenters. The number of ketones is 1. The maximum absolute atomic E-state index is 14.8. The molecule has 0 radical (unpaired) electrons. The minimum absolute atomic E-state index is 0.0317. The number of carbonyl (C=O) groups excluding carboxylic acids is 1. The van der Waals surface area contributed by atoms with Crippen LogP contribution in [-0.4, -0.2) is 15.2 Å². The molecule has 0 bridgehead atoms. The first-order valence-electron chi connectivity index (χ1n) is 27.0. The molecule has 0 spiro atoms. The van der Waals surface area contributed by atoms with Gasteiger partial charge in [-0.2, -0.15) is 4.57 Å². The number of nitrogens with zero attached hydrogens (tertiary/aromatic N) is 3. The van der Waals surface area contributed by atoms with Crippen molar-refractivity contribution >= 4 is 43.7 Å². The van der Waals surface area contributed by atoms with Crippen molar-refractivity contribution in [1.82, 2.24) is 9.38 Å². The van der Waals surface area contributed by atoms with Crippen molar-refractivity contribution < 1.29 is 9.36 Å². The third-order valence-electron chi connectivity index (χ3n) is 16.7. The van der Waals surface area contributed by atoms with Gasteiger partial charge in [0.05, 0.1) is 22.6 Å². The summed E-state index contributed by atoms with van der Waals surface area (Å²) in [5.41, 5.74) is 23.2. The van der Waals surface area contributed by atoms with Gasteiger partial charge < -0.3 is 0 Å². The van der Waals surface area contributed by atoms with Gasteiger partial charge >= 0.3 is 0 Å². The maximum atomic E-state index is 14.8. The second kappa shape index (κ2) is 17.6. The average molecular weight is 1010 g/mol. The summed E-state index contributed by atoms with van der Waals surface area (Å²) in [7, 11) is 0. The number of benzene rings is 10. The summed E-state index contributed by atoms with van der Waals surface area (Å²) in [5, 5.41) is 4.80. The van der Waals surface area contributed by atoms with Gasteiger partial charge in [0.15, 0.2) is 18.2 Å². The van der Waals surface area contributed by atoms with Crippen LogP contribution in [0.4, 0.5) is 0 Å². The second-order valence-electron chi connectivity index (χ2n) is 21.2. The highest BCUT2D eigenvalue weighted by molar-refractivity contribution is 6.20. The zero-order valence-corrected chi connectivity index (χ0v) is 42.8. The average Bonchev–Trinajstić information content (AvgIpc) is 4.15. The van der Waals surface area contributed by atoms with Gasteiger partial charge in [0, 0.05) is 57.1 Å². The van der Waals surface area contributed by atoms with Crippen LogP contribution in [0.3, 0.4) is 0 Å². The lowest BCUT2D eigenvalue weighted by atomic mass is 9.70. The van der Waals surface area contributed by atoms with Gasteiger partial charge in [0.2, 0.25) is 5.69 Å². The number of Topliss-reactive ketones (excluding diaryl/α,β-unsaturated/α-hetero) is 1. The molecule has 0 amide bonds. The highest BCUT2D eigenvalue weighted by Crippen LogP contribution is 2.50. The van der Waals surface area contributed by atoms with Crippen molar-refractivity contribution in [2.75, 3.05) is 0 Å². The lowest BCUT2D eigenvalue weighted by Crippen LogP contribution is -2.31. The molecule has 368 valence electrons. The molecule has 10 aromatic carbocycles. The number of fused-ring (bicyclic) bond motifs is 9. The first-order valence-corrected chi connectivity index (χ1v) is 27.0. The van der Waals surface area contributed by atoms with Crippen LogP contribution in [0.5, 0.6) is 0 Å². The Morgan fingerprint density at radius 2 is 0.937 bits per heavy atom. The molecule has 0 saturated heterocycles. The molecule has 79 heavy (non-hydrogen) atoms. The molecule has 0 saturated carbocycles. The van der Waals surface area contributed by atoms with E-state index in [-0.39, 0.29) is 17.3 Å². The van der Waals surface area contributed by atoms with E-state index in [4.69, 9.17) is 4.98 Å². The van der Waals surface area contributed by atoms with Gasteiger partial charge in [0.25, 0.3) is 5.56 Å². The van der Waals surface area contributed by atoms with E-state index < -0.39 is 0 Å². The van der Waals surface area contributed by atoms with Crippen LogP contribution in [-0.2, 0) is 6.42 Å². The molecule has 5 heteroatoms. The summed E-state index contributed by atoms with van der Waals surface area (Å²) in [6.07, 6.45) is 6.62. The van der Waals surface area contributed by atoms with Crippen LogP contribution in [0.25, 0.3) is 133 Å². The topological polar surface area (TPSA) is 55.3 Å². The van der Waals surface area contributed by atoms with Gasteiger partial charge in [-0.1, -0.05) is 170 Å². The summed E-state index contributed by atoms with van der Waals surface area (Å²) in [6.45, 7) is 0. The Morgan fingerprint density at radius 1 is 0.392 bits per heavy atom. The van der Waals surface area contributed by atoms with Crippen molar-refractivity contribution in [3.63, 3.8) is 0 Å². The normalized spacial score (nSPS) is 13.5. The van der Waals surface area contributed by atoms with E-state index in [1.165, 1.54) is 11.1 Å². The number of pyridine rings is 3. The Morgan fingerprint density at radius 3 is 1.65 bits per heavy atom. The van der Waals surface area contributed by atoms with E-state index in [9.17, 15) is 9.59 Å². The van der Waals surface area contributed by atoms with E-state index in [1.807, 2.05) is 47.1 Å². The van der Waals surface area contributed by atoms with Gasteiger partial charge in [-0.25, -0.2) is 0 Å². The number of hydrogen-bond donors (Lipinski definition) is 0. The molecule has 1 unspecified atom stereocenters. The fraction of sp³-hybridized carbons (Fsp3) is 0.0270. The molecular formula is C74H46N3O2+. The Labute approximate surface area is 455 Å². The third kappa shape index (κ3) is 7.17. The molecular weight excluding hydrogens is 963 g/mol. The van der Waals surface area contributed by atoms with E-state index in [1.54, 1.807) is 0 Å². The monoisotopic (exact) mass is 1010 g/mol. The summed E-state index contributed by atoms with van der Waals surface area (Å²) < 4.78 is 3.99. The fourth-order valence-electron chi connectivity index (χ4n) is 12.9. The predicted octanol–water partition coefficient (Wildman–Crippen LogP) is 17.0. The summed E-state index contributed by atoms with van der Waals surface area (Å²) >= 11 is 0. The summed E-state index contributed by atoms with van der Waals surface area (Å²) in [5.74, 6) is -0.0836. The van der Waals surface area contributed by atoms with Crippen molar-refractivity contribution in [2.24, 2.45) is 0 Å². The lowest BCUT2D eigenvalue weighted by molar-refractivity contribution is -0.594. The third-order valence-corrected chi connectivity index (χ3v) is 16.7. The maximum Gasteiger partial charge on any atom is 0.269 e. The molecule has 5 nitrogen and oxygen atoms in total. The first kappa shape index (κ1) is 44.9. The molecule has 14 aromatic rings. The van der Waals surface area contributed by atoms with Crippen molar-refractivity contribution in [1.29, 1.82) is 0 Å². The molecule has 0 fully saturated rings. The molecule has 0 aliphatic heterocycles. The van der Waals surface area contributed by atoms with Crippen LogP contribution in [0.1, 0.15) is 27.4 Å². The first-order chi connectivity index (χ1) is 39.0. The van der Waals surface area contributed by atoms with Gasteiger partial charge in [-0.15, -0.1) is 0 Å². The Kier molecular flexibility index (Phi) is 10.0. The van der Waals surface area contributed by atoms with E-state index in [2.05, 4.69) is 223 Å². The summed E-state index contributed by atoms with van der Waals surface area (Å²) in [4.78, 5) is 33.8. The Bertz CT molecular complexity index is 4920. The highest BCUT2D eigenvalue weighted by atomic mass is 16.1. The van der Waals surface area contributed by atoms with Crippen molar-refractivity contribution in [3.05, 3.63) is 288 Å². The zero-order valence-electron chi connectivity index (χ0n) is 42.8. The molecule has 4 aromatic heterocycles. The molecule has 2 aliphatic carbocycles. The molecule has 0 N–H and O–H groups in total. The van der Waals surface area contributed by atoms with Gasteiger partial charge in [-0.3, -0.25) is 19.0 Å².